The van der Waals surface area contributed by atoms with Gasteiger partial charge in [-0.25, -0.2) is 0 Å². The number of ether oxygens (including phenoxy) is 1. The van der Waals surface area contributed by atoms with Crippen LogP contribution in [-0.2, 0) is 6.42 Å². The molecule has 1 fully saturated rings. The molecule has 1 aromatic carbocycles. The summed E-state index contributed by atoms with van der Waals surface area (Å²) >= 11 is 3.59. The molecule has 2 atom stereocenters. The second-order valence-corrected chi connectivity index (χ2v) is 5.97. The highest BCUT2D eigenvalue weighted by molar-refractivity contribution is 9.09. The largest absolute Gasteiger partial charge is 0.573 e. The summed E-state index contributed by atoms with van der Waals surface area (Å²) in [4.78, 5) is 0.593. The zero-order chi connectivity index (χ0) is 13.2. The van der Waals surface area contributed by atoms with E-state index in [0.29, 0.717) is 10.7 Å². The van der Waals surface area contributed by atoms with Crippen LogP contribution in [0.15, 0.2) is 24.3 Å². The van der Waals surface area contributed by atoms with Crippen molar-refractivity contribution in [1.29, 1.82) is 0 Å². The van der Waals surface area contributed by atoms with E-state index in [1.165, 1.54) is 25.0 Å². The summed E-state index contributed by atoms with van der Waals surface area (Å²) in [6, 6.07) is 6.18. The minimum atomic E-state index is -4.61. The van der Waals surface area contributed by atoms with E-state index in [1.807, 2.05) is 0 Å². The minimum Gasteiger partial charge on any atom is -0.406 e. The first-order valence-electron chi connectivity index (χ1n) is 5.91. The van der Waals surface area contributed by atoms with Crippen LogP contribution in [0, 0.1) is 5.92 Å². The lowest BCUT2D eigenvalue weighted by atomic mass is 9.98. The summed E-state index contributed by atoms with van der Waals surface area (Å²) in [5.74, 6) is 0.472. The van der Waals surface area contributed by atoms with Gasteiger partial charge in [0, 0.05) is 4.83 Å². The van der Waals surface area contributed by atoms with Crippen molar-refractivity contribution in [3.8, 4) is 5.75 Å². The van der Waals surface area contributed by atoms with Crippen LogP contribution in [-0.4, -0.2) is 11.2 Å². The number of halogens is 4. The molecule has 0 amide bonds. The van der Waals surface area contributed by atoms with Gasteiger partial charge in [0.15, 0.2) is 0 Å². The van der Waals surface area contributed by atoms with Crippen LogP contribution >= 0.6 is 15.9 Å². The van der Waals surface area contributed by atoms with E-state index in [2.05, 4.69) is 20.7 Å². The molecular formula is C13H14BrF3O. The third-order valence-electron chi connectivity index (χ3n) is 3.16. The molecule has 0 radical (unpaired) electrons. The van der Waals surface area contributed by atoms with Gasteiger partial charge in [-0.1, -0.05) is 28.1 Å². The molecule has 1 aliphatic carbocycles. The molecule has 1 nitrogen and oxygen atoms in total. The van der Waals surface area contributed by atoms with Crippen LogP contribution in [0.4, 0.5) is 13.2 Å². The van der Waals surface area contributed by atoms with Crippen molar-refractivity contribution in [3.05, 3.63) is 29.8 Å². The Bertz CT molecular complexity index is 388. The van der Waals surface area contributed by atoms with Crippen molar-refractivity contribution in [3.63, 3.8) is 0 Å². The molecule has 0 spiro atoms. The summed E-state index contributed by atoms with van der Waals surface area (Å²) in [5.41, 5.74) is 1.07. The third-order valence-corrected chi connectivity index (χ3v) is 3.99. The lowest BCUT2D eigenvalue weighted by Crippen LogP contribution is -2.17. The van der Waals surface area contributed by atoms with Gasteiger partial charge < -0.3 is 4.74 Å². The summed E-state index contributed by atoms with van der Waals surface area (Å²) in [6.07, 6.45) is -0.192. The van der Waals surface area contributed by atoms with Gasteiger partial charge in [-0.05, 0) is 49.3 Å². The number of hydrogen-bond donors (Lipinski definition) is 0. The predicted molar refractivity (Wildman–Crippen MR) is 66.9 cm³/mol. The maximum atomic E-state index is 12.0. The van der Waals surface area contributed by atoms with E-state index >= 15 is 0 Å². The molecule has 1 aromatic rings. The molecule has 2 unspecified atom stereocenters. The zero-order valence-electron chi connectivity index (χ0n) is 9.71. The van der Waals surface area contributed by atoms with Gasteiger partial charge in [-0.2, -0.15) is 0 Å². The fourth-order valence-electron chi connectivity index (χ4n) is 2.36. The van der Waals surface area contributed by atoms with Crippen molar-refractivity contribution in [2.75, 3.05) is 0 Å². The first kappa shape index (κ1) is 13.7. The van der Waals surface area contributed by atoms with Crippen molar-refractivity contribution >= 4 is 15.9 Å². The first-order chi connectivity index (χ1) is 8.42. The lowest BCUT2D eigenvalue weighted by Gasteiger charge is -2.11. The number of rotatable bonds is 3. The summed E-state index contributed by atoms with van der Waals surface area (Å²) in [6.45, 7) is 0. The average molecular weight is 323 g/mol. The van der Waals surface area contributed by atoms with Gasteiger partial charge in [0.1, 0.15) is 5.75 Å². The van der Waals surface area contributed by atoms with Crippen molar-refractivity contribution in [1.82, 2.24) is 0 Å². The van der Waals surface area contributed by atoms with Crippen molar-refractivity contribution < 1.29 is 17.9 Å². The maximum Gasteiger partial charge on any atom is 0.573 e. The fourth-order valence-corrected chi connectivity index (χ4v) is 3.15. The molecule has 18 heavy (non-hydrogen) atoms. The Morgan fingerprint density at radius 1 is 1.17 bits per heavy atom. The Hall–Kier alpha value is -0.710. The van der Waals surface area contributed by atoms with Gasteiger partial charge in [0.05, 0.1) is 0 Å². The van der Waals surface area contributed by atoms with Crippen LogP contribution < -0.4 is 4.74 Å². The molecule has 0 saturated heterocycles. The minimum absolute atomic E-state index is 0.156. The SMILES string of the molecule is FC(F)(F)Oc1ccc(CC2CCC(Br)C2)cc1. The Morgan fingerprint density at radius 2 is 1.83 bits per heavy atom. The van der Waals surface area contributed by atoms with Crippen LogP contribution in [0.5, 0.6) is 5.75 Å². The molecule has 0 bridgehead atoms. The Morgan fingerprint density at radius 3 is 2.33 bits per heavy atom. The highest BCUT2D eigenvalue weighted by Crippen LogP contribution is 2.33. The van der Waals surface area contributed by atoms with E-state index < -0.39 is 6.36 Å². The molecule has 0 aromatic heterocycles. The zero-order valence-corrected chi connectivity index (χ0v) is 11.3. The Balaban J connectivity index is 1.91. The van der Waals surface area contributed by atoms with E-state index in [-0.39, 0.29) is 5.75 Å². The van der Waals surface area contributed by atoms with Crippen LogP contribution in [0.3, 0.4) is 0 Å². The molecule has 2 rings (SSSR count). The van der Waals surface area contributed by atoms with E-state index in [0.717, 1.165) is 18.4 Å². The van der Waals surface area contributed by atoms with E-state index in [1.54, 1.807) is 12.1 Å². The second-order valence-electron chi connectivity index (χ2n) is 4.67. The van der Waals surface area contributed by atoms with Gasteiger partial charge in [0.2, 0.25) is 0 Å². The topological polar surface area (TPSA) is 9.23 Å². The van der Waals surface area contributed by atoms with Crippen molar-refractivity contribution in [2.24, 2.45) is 5.92 Å². The van der Waals surface area contributed by atoms with Gasteiger partial charge in [0.25, 0.3) is 0 Å². The molecule has 5 heteroatoms. The maximum absolute atomic E-state index is 12.0. The monoisotopic (exact) mass is 322 g/mol. The fraction of sp³-hybridized carbons (Fsp3) is 0.538. The van der Waals surface area contributed by atoms with Gasteiger partial charge in [-0.3, -0.25) is 0 Å². The normalized spacial score (nSPS) is 24.2. The van der Waals surface area contributed by atoms with E-state index in [9.17, 15) is 13.2 Å². The molecule has 100 valence electrons. The number of alkyl halides is 4. The summed E-state index contributed by atoms with van der Waals surface area (Å²) in [5, 5.41) is 0. The van der Waals surface area contributed by atoms with Crippen molar-refractivity contribution in [2.45, 2.75) is 36.9 Å². The van der Waals surface area contributed by atoms with Crippen LogP contribution in [0.25, 0.3) is 0 Å². The molecule has 0 heterocycles. The second kappa shape index (κ2) is 5.51. The summed E-state index contributed by atoms with van der Waals surface area (Å²) in [7, 11) is 0. The lowest BCUT2D eigenvalue weighted by molar-refractivity contribution is -0.274. The highest BCUT2D eigenvalue weighted by atomic mass is 79.9. The van der Waals surface area contributed by atoms with E-state index in [4.69, 9.17) is 0 Å². The molecule has 1 aliphatic rings. The third kappa shape index (κ3) is 4.19. The van der Waals surface area contributed by atoms with Gasteiger partial charge >= 0.3 is 6.36 Å². The number of benzene rings is 1. The Labute approximate surface area is 112 Å². The first-order valence-corrected chi connectivity index (χ1v) is 6.83. The summed E-state index contributed by atoms with van der Waals surface area (Å²) < 4.78 is 39.8. The molecule has 0 N–H and O–H groups in total. The standard InChI is InChI=1S/C13H14BrF3O/c14-11-4-1-10(8-11)7-9-2-5-12(6-3-9)18-13(15,16)17/h2-3,5-6,10-11H,1,4,7-8H2. The predicted octanol–water partition coefficient (Wildman–Crippen LogP) is 4.69. The Kier molecular flexibility index (Phi) is 4.20. The van der Waals surface area contributed by atoms with Crippen LogP contribution in [0.2, 0.25) is 0 Å². The smallest absolute Gasteiger partial charge is 0.406 e. The number of hydrogen-bond acceptors (Lipinski definition) is 1. The molecule has 0 aliphatic heterocycles. The average Bonchev–Trinajstić information content (AvgIpc) is 2.65. The highest BCUT2D eigenvalue weighted by Gasteiger charge is 2.31. The molecule has 1 saturated carbocycles. The quantitative estimate of drug-likeness (QED) is 0.733. The van der Waals surface area contributed by atoms with Gasteiger partial charge in [-0.15, -0.1) is 13.2 Å². The van der Waals surface area contributed by atoms with Crippen LogP contribution in [0.1, 0.15) is 24.8 Å². The molecular weight excluding hydrogens is 309 g/mol.